The molecule has 4 aromatic rings. The van der Waals surface area contributed by atoms with Crippen LogP contribution >= 0.6 is 0 Å². The van der Waals surface area contributed by atoms with Gasteiger partial charge < -0.3 is 19.9 Å². The third kappa shape index (κ3) is 6.56. The van der Waals surface area contributed by atoms with Crippen molar-refractivity contribution in [1.82, 2.24) is 4.72 Å². The summed E-state index contributed by atoms with van der Waals surface area (Å²) in [7, 11) is -2.41. The van der Waals surface area contributed by atoms with Crippen LogP contribution in [0.3, 0.4) is 0 Å². The Morgan fingerprint density at radius 2 is 1.50 bits per heavy atom. The van der Waals surface area contributed by atoms with Crippen molar-refractivity contribution in [2.24, 2.45) is 0 Å². The Morgan fingerprint density at radius 1 is 0.857 bits per heavy atom. The molecular weight excluding hydrogens is 555 g/mol. The second-order valence-corrected chi connectivity index (χ2v) is 11.7. The molecule has 1 aliphatic rings. The molecule has 42 heavy (non-hydrogen) atoms. The van der Waals surface area contributed by atoms with Crippen molar-refractivity contribution < 1.29 is 22.3 Å². The Bertz CT molecular complexity index is 1640. The van der Waals surface area contributed by atoms with E-state index in [0.717, 1.165) is 17.0 Å². The first-order valence-electron chi connectivity index (χ1n) is 13.7. The Kier molecular flexibility index (Phi) is 8.75. The molecule has 10 heteroatoms. The number of hydrogen-bond donors (Lipinski definition) is 2. The first-order chi connectivity index (χ1) is 20.2. The number of carbonyl (C=O) groups is 1. The largest absolute Gasteiger partial charge is 0.497 e. The summed E-state index contributed by atoms with van der Waals surface area (Å²) in [6.07, 6.45) is 0. The molecule has 1 atom stereocenters. The average molecular weight is 589 g/mol. The predicted octanol–water partition coefficient (Wildman–Crippen LogP) is 5.45. The number of nitrogens with one attached hydrogen (secondary N) is 2. The number of sulfonamides is 1. The summed E-state index contributed by atoms with van der Waals surface area (Å²) in [5, 5.41) is 2.66. The summed E-state index contributed by atoms with van der Waals surface area (Å²) in [6.45, 7) is 4.33. The van der Waals surface area contributed by atoms with Crippen LogP contribution < -0.4 is 24.6 Å². The summed E-state index contributed by atoms with van der Waals surface area (Å²) >= 11 is 0. The third-order valence-electron chi connectivity index (χ3n) is 7.32. The summed E-state index contributed by atoms with van der Waals surface area (Å²) in [5.41, 5.74) is 2.53. The zero-order valence-electron chi connectivity index (χ0n) is 23.5. The van der Waals surface area contributed by atoms with Crippen molar-refractivity contribution in [3.8, 4) is 5.75 Å². The number of carbonyl (C=O) groups excluding carboxylic acids is 1. The van der Waals surface area contributed by atoms with E-state index in [1.807, 2.05) is 59.5 Å². The fourth-order valence-electron chi connectivity index (χ4n) is 5.02. The molecule has 0 unspecified atom stereocenters. The molecule has 0 bridgehead atoms. The van der Waals surface area contributed by atoms with Gasteiger partial charge in [0.2, 0.25) is 10.0 Å². The molecular formula is C32H33FN4O4S. The van der Waals surface area contributed by atoms with E-state index >= 15 is 0 Å². The number of rotatable bonds is 9. The molecule has 0 radical (unpaired) electrons. The zero-order chi connectivity index (χ0) is 29.7. The van der Waals surface area contributed by atoms with E-state index in [-0.39, 0.29) is 16.1 Å². The van der Waals surface area contributed by atoms with Crippen LogP contribution in [0.25, 0.3) is 0 Å². The van der Waals surface area contributed by atoms with Crippen LogP contribution in [0.1, 0.15) is 28.9 Å². The molecule has 1 fully saturated rings. The highest BCUT2D eigenvalue weighted by molar-refractivity contribution is 7.89. The maximum Gasteiger partial charge on any atom is 0.258 e. The minimum absolute atomic E-state index is 0.0366. The van der Waals surface area contributed by atoms with E-state index < -0.39 is 27.8 Å². The first-order valence-corrected chi connectivity index (χ1v) is 15.1. The Labute approximate surface area is 245 Å². The van der Waals surface area contributed by atoms with E-state index in [0.29, 0.717) is 31.9 Å². The van der Waals surface area contributed by atoms with Gasteiger partial charge in [-0.25, -0.2) is 17.5 Å². The fourth-order valence-corrected chi connectivity index (χ4v) is 6.50. The quantitative estimate of drug-likeness (QED) is 0.270. The highest BCUT2D eigenvalue weighted by atomic mass is 32.2. The van der Waals surface area contributed by atoms with Gasteiger partial charge >= 0.3 is 0 Å². The number of methoxy groups -OCH3 is 1. The monoisotopic (exact) mass is 588 g/mol. The summed E-state index contributed by atoms with van der Waals surface area (Å²) in [4.78, 5) is 17.1. The Hall–Kier alpha value is -4.41. The lowest BCUT2D eigenvalue weighted by atomic mass is 10.1. The molecule has 4 aromatic carbocycles. The Morgan fingerprint density at radius 3 is 2.17 bits per heavy atom. The lowest BCUT2D eigenvalue weighted by Gasteiger charge is -2.38. The van der Waals surface area contributed by atoms with Crippen LogP contribution in [0.5, 0.6) is 5.75 Å². The van der Waals surface area contributed by atoms with Crippen molar-refractivity contribution >= 4 is 33.0 Å². The number of hydrogen-bond acceptors (Lipinski definition) is 6. The van der Waals surface area contributed by atoms with Crippen molar-refractivity contribution in [3.63, 3.8) is 0 Å². The molecule has 0 aliphatic carbocycles. The fraction of sp³-hybridized carbons (Fsp3) is 0.219. The number of benzene rings is 4. The van der Waals surface area contributed by atoms with Crippen molar-refractivity contribution in [3.05, 3.63) is 114 Å². The molecule has 0 spiro atoms. The number of amides is 1. The molecule has 1 saturated heterocycles. The maximum absolute atomic E-state index is 14.2. The van der Waals surface area contributed by atoms with Crippen molar-refractivity contribution in [2.75, 3.05) is 48.4 Å². The van der Waals surface area contributed by atoms with E-state index in [1.165, 1.54) is 24.3 Å². The lowest BCUT2D eigenvalue weighted by Crippen LogP contribution is -2.47. The number of piperazine rings is 1. The van der Waals surface area contributed by atoms with Gasteiger partial charge in [-0.05, 0) is 67.1 Å². The van der Waals surface area contributed by atoms with Gasteiger partial charge in [0.25, 0.3) is 5.91 Å². The minimum atomic E-state index is -4.04. The summed E-state index contributed by atoms with van der Waals surface area (Å²) in [5.74, 6) is -0.540. The van der Waals surface area contributed by atoms with Gasteiger partial charge in [-0.1, -0.05) is 42.5 Å². The number of nitrogens with zero attached hydrogens (tertiary/aromatic N) is 2. The van der Waals surface area contributed by atoms with Gasteiger partial charge in [0.15, 0.2) is 0 Å². The molecule has 0 aromatic heterocycles. The SMILES string of the molecule is COc1ccc(N2CCN(c3ccc(NC(=O)c4ccccc4F)cc3S(=O)(=O)N[C@H](C)c3ccccc3)CC2)cc1. The van der Waals surface area contributed by atoms with Crippen LogP contribution in [0.15, 0.2) is 102 Å². The van der Waals surface area contributed by atoms with Gasteiger partial charge in [-0.3, -0.25) is 4.79 Å². The molecule has 1 heterocycles. The normalized spacial score (nSPS) is 14.4. The molecule has 2 N–H and O–H groups in total. The van der Waals surface area contributed by atoms with E-state index in [2.05, 4.69) is 14.9 Å². The average Bonchev–Trinajstić information content (AvgIpc) is 3.01. The Balaban J connectivity index is 1.42. The number of anilines is 3. The molecule has 5 rings (SSSR count). The van der Waals surface area contributed by atoms with Crippen molar-refractivity contribution in [2.45, 2.75) is 17.9 Å². The second-order valence-electron chi connectivity index (χ2n) is 10.0. The molecule has 0 saturated carbocycles. The lowest BCUT2D eigenvalue weighted by molar-refractivity contribution is 0.102. The predicted molar refractivity (Wildman–Crippen MR) is 163 cm³/mol. The van der Waals surface area contributed by atoms with E-state index in [1.54, 1.807) is 32.2 Å². The second kappa shape index (κ2) is 12.6. The minimum Gasteiger partial charge on any atom is -0.497 e. The van der Waals surface area contributed by atoms with Gasteiger partial charge in [-0.15, -0.1) is 0 Å². The first kappa shape index (κ1) is 29.1. The molecule has 8 nitrogen and oxygen atoms in total. The van der Waals surface area contributed by atoms with Crippen LogP contribution in [0.4, 0.5) is 21.5 Å². The zero-order valence-corrected chi connectivity index (χ0v) is 24.3. The molecule has 1 aliphatic heterocycles. The van der Waals surface area contributed by atoms with E-state index in [4.69, 9.17) is 4.74 Å². The highest BCUT2D eigenvalue weighted by Gasteiger charge is 2.27. The van der Waals surface area contributed by atoms with Crippen LogP contribution in [0, 0.1) is 5.82 Å². The van der Waals surface area contributed by atoms with E-state index in [9.17, 15) is 17.6 Å². The number of ether oxygens (including phenoxy) is 1. The third-order valence-corrected chi connectivity index (χ3v) is 8.88. The topological polar surface area (TPSA) is 91.0 Å². The smallest absolute Gasteiger partial charge is 0.258 e. The van der Waals surface area contributed by atoms with Crippen LogP contribution in [-0.4, -0.2) is 47.6 Å². The van der Waals surface area contributed by atoms with Gasteiger partial charge in [0, 0.05) is 43.6 Å². The van der Waals surface area contributed by atoms with Gasteiger partial charge in [0.1, 0.15) is 16.5 Å². The standard InChI is InChI=1S/C32H33FN4O4S/c1-23(24-8-4-3-5-9-24)35-42(39,40)31-22-25(34-32(38)28-10-6-7-11-29(28)33)12-17-30(31)37-20-18-36(19-21-37)26-13-15-27(41-2)16-14-26/h3-17,22-23,35H,18-21H2,1-2H3,(H,34,38)/t23-/m1/s1. The molecule has 218 valence electrons. The highest BCUT2D eigenvalue weighted by Crippen LogP contribution is 2.32. The number of halogens is 1. The molecule has 1 amide bonds. The summed E-state index contributed by atoms with van der Waals surface area (Å²) < 4.78 is 50.0. The van der Waals surface area contributed by atoms with Crippen LogP contribution in [0.2, 0.25) is 0 Å². The maximum atomic E-state index is 14.2. The van der Waals surface area contributed by atoms with Gasteiger partial charge in [-0.2, -0.15) is 0 Å². The van der Waals surface area contributed by atoms with Crippen LogP contribution in [-0.2, 0) is 10.0 Å². The van der Waals surface area contributed by atoms with Crippen molar-refractivity contribution in [1.29, 1.82) is 0 Å². The summed E-state index contributed by atoms with van der Waals surface area (Å²) in [6, 6.07) is 27.1. The van der Waals surface area contributed by atoms with Gasteiger partial charge in [0.05, 0.1) is 18.4 Å².